The molecular weight excluding hydrogens is 283 g/mol. The van der Waals surface area contributed by atoms with Crippen molar-refractivity contribution in [3.8, 4) is 29.2 Å². The summed E-state index contributed by atoms with van der Waals surface area (Å²) in [5, 5.41) is 12.8. The molecule has 5 nitrogen and oxygen atoms in total. The van der Waals surface area contributed by atoms with Crippen molar-refractivity contribution in [1.82, 2.24) is 14.8 Å². The molecule has 3 aromatic rings. The first-order valence-electron chi connectivity index (χ1n) is 6.56. The highest BCUT2D eigenvalue weighted by Gasteiger charge is 2.14. The fourth-order valence-electron chi connectivity index (χ4n) is 1.99. The minimum absolute atomic E-state index is 0.102. The molecule has 0 radical (unpaired) electrons. The predicted molar refractivity (Wildman–Crippen MR) is 77.9 cm³/mol. The van der Waals surface area contributed by atoms with Crippen LogP contribution in [-0.2, 0) is 0 Å². The van der Waals surface area contributed by atoms with E-state index in [1.54, 1.807) is 16.8 Å². The van der Waals surface area contributed by atoms with Crippen LogP contribution in [0.15, 0.2) is 54.6 Å². The molecule has 0 spiro atoms. The molecule has 0 bridgehead atoms. The molecule has 0 aliphatic rings. The third-order valence-electron chi connectivity index (χ3n) is 2.96. The van der Waals surface area contributed by atoms with Crippen molar-refractivity contribution in [2.24, 2.45) is 0 Å². The van der Waals surface area contributed by atoms with E-state index in [1.807, 2.05) is 36.4 Å². The minimum atomic E-state index is -0.324. The summed E-state index contributed by atoms with van der Waals surface area (Å²) < 4.78 is 19.9. The van der Waals surface area contributed by atoms with Gasteiger partial charge in [0.2, 0.25) is 0 Å². The van der Waals surface area contributed by atoms with E-state index in [9.17, 15) is 4.39 Å². The molecular formula is C16H11FN4O. The number of nitriles is 1. The number of para-hydroxylation sites is 1. The van der Waals surface area contributed by atoms with E-state index in [4.69, 9.17) is 10.00 Å². The SMILES string of the molecule is N#CCOc1nc(-c2ccc(F)cc2)n(-c2ccccc2)n1. The van der Waals surface area contributed by atoms with Crippen molar-refractivity contribution in [1.29, 1.82) is 5.26 Å². The van der Waals surface area contributed by atoms with Gasteiger partial charge in [-0.05, 0) is 36.4 Å². The van der Waals surface area contributed by atoms with Crippen LogP contribution in [-0.4, -0.2) is 21.4 Å². The van der Waals surface area contributed by atoms with E-state index in [2.05, 4.69) is 10.1 Å². The van der Waals surface area contributed by atoms with E-state index in [-0.39, 0.29) is 18.4 Å². The van der Waals surface area contributed by atoms with Gasteiger partial charge < -0.3 is 4.74 Å². The number of nitrogens with zero attached hydrogens (tertiary/aromatic N) is 4. The standard InChI is InChI=1S/C16H11FN4O/c17-13-8-6-12(7-9-13)15-19-16(22-11-10-18)20-21(15)14-4-2-1-3-5-14/h1-9H,11H2. The molecule has 108 valence electrons. The van der Waals surface area contributed by atoms with Gasteiger partial charge in [0.25, 0.3) is 0 Å². The van der Waals surface area contributed by atoms with Gasteiger partial charge in [0.05, 0.1) is 5.69 Å². The molecule has 0 aliphatic carbocycles. The zero-order chi connectivity index (χ0) is 15.4. The lowest BCUT2D eigenvalue weighted by Gasteiger charge is -2.05. The lowest BCUT2D eigenvalue weighted by atomic mass is 10.2. The van der Waals surface area contributed by atoms with E-state index in [1.165, 1.54) is 12.1 Å². The average molecular weight is 294 g/mol. The second kappa shape index (κ2) is 6.06. The van der Waals surface area contributed by atoms with Gasteiger partial charge in [0, 0.05) is 5.56 Å². The molecule has 2 aromatic carbocycles. The van der Waals surface area contributed by atoms with Gasteiger partial charge in [-0.25, -0.2) is 9.07 Å². The molecule has 0 saturated heterocycles. The number of rotatable bonds is 4. The first-order chi connectivity index (χ1) is 10.8. The zero-order valence-corrected chi connectivity index (χ0v) is 11.5. The Kier molecular flexibility index (Phi) is 3.79. The van der Waals surface area contributed by atoms with Crippen molar-refractivity contribution >= 4 is 0 Å². The summed E-state index contributed by atoms with van der Waals surface area (Å²) in [7, 11) is 0. The highest BCUT2D eigenvalue weighted by Crippen LogP contribution is 2.23. The minimum Gasteiger partial charge on any atom is -0.447 e. The van der Waals surface area contributed by atoms with Crippen LogP contribution in [0.4, 0.5) is 4.39 Å². The maximum atomic E-state index is 13.1. The number of ether oxygens (including phenoxy) is 1. The summed E-state index contributed by atoms with van der Waals surface area (Å²) in [6, 6.07) is 17.3. The summed E-state index contributed by atoms with van der Waals surface area (Å²) in [5.41, 5.74) is 1.49. The highest BCUT2D eigenvalue weighted by atomic mass is 19.1. The Labute approximate surface area is 126 Å². The molecule has 0 unspecified atom stereocenters. The van der Waals surface area contributed by atoms with Crippen LogP contribution in [0.3, 0.4) is 0 Å². The maximum Gasteiger partial charge on any atom is 0.337 e. The number of benzene rings is 2. The summed E-state index contributed by atoms with van der Waals surface area (Å²) in [4.78, 5) is 4.28. The molecule has 22 heavy (non-hydrogen) atoms. The molecule has 0 N–H and O–H groups in total. The van der Waals surface area contributed by atoms with Crippen LogP contribution in [0.2, 0.25) is 0 Å². The molecule has 0 fully saturated rings. The van der Waals surface area contributed by atoms with Crippen LogP contribution in [0.1, 0.15) is 0 Å². The third kappa shape index (κ3) is 2.79. The largest absolute Gasteiger partial charge is 0.447 e. The van der Waals surface area contributed by atoms with Gasteiger partial charge in [-0.15, -0.1) is 5.10 Å². The van der Waals surface area contributed by atoms with Crippen molar-refractivity contribution in [2.75, 3.05) is 6.61 Å². The van der Waals surface area contributed by atoms with Crippen molar-refractivity contribution in [3.63, 3.8) is 0 Å². The number of halogens is 1. The average Bonchev–Trinajstić information content (AvgIpc) is 2.98. The Balaban J connectivity index is 2.08. The van der Waals surface area contributed by atoms with E-state index in [0.717, 1.165) is 5.69 Å². The molecule has 1 heterocycles. The number of hydrogen-bond donors (Lipinski definition) is 0. The molecule has 6 heteroatoms. The van der Waals surface area contributed by atoms with Crippen molar-refractivity contribution in [2.45, 2.75) is 0 Å². The van der Waals surface area contributed by atoms with E-state index >= 15 is 0 Å². The van der Waals surface area contributed by atoms with Crippen LogP contribution >= 0.6 is 0 Å². The molecule has 0 atom stereocenters. The smallest absolute Gasteiger partial charge is 0.337 e. The maximum absolute atomic E-state index is 13.1. The van der Waals surface area contributed by atoms with Crippen LogP contribution in [0.5, 0.6) is 6.01 Å². The van der Waals surface area contributed by atoms with E-state index < -0.39 is 0 Å². The topological polar surface area (TPSA) is 63.7 Å². The molecule has 0 saturated carbocycles. The lowest BCUT2D eigenvalue weighted by molar-refractivity contribution is 0.338. The van der Waals surface area contributed by atoms with Crippen LogP contribution in [0, 0.1) is 17.1 Å². The van der Waals surface area contributed by atoms with Crippen molar-refractivity contribution in [3.05, 3.63) is 60.4 Å². The zero-order valence-electron chi connectivity index (χ0n) is 11.5. The monoisotopic (exact) mass is 294 g/mol. The summed E-state index contributed by atoms with van der Waals surface area (Å²) >= 11 is 0. The molecule has 3 rings (SSSR count). The normalized spacial score (nSPS) is 10.2. The highest BCUT2D eigenvalue weighted by molar-refractivity contribution is 5.58. The second-order valence-electron chi connectivity index (χ2n) is 4.42. The Morgan fingerprint density at radius 3 is 2.50 bits per heavy atom. The summed E-state index contributed by atoms with van der Waals surface area (Å²) in [6.07, 6.45) is 0. The Hall–Kier alpha value is -3.20. The van der Waals surface area contributed by atoms with Gasteiger partial charge in [-0.3, -0.25) is 0 Å². The van der Waals surface area contributed by atoms with Crippen LogP contribution < -0.4 is 4.74 Å². The van der Waals surface area contributed by atoms with Gasteiger partial charge >= 0.3 is 6.01 Å². The van der Waals surface area contributed by atoms with Gasteiger partial charge in [-0.2, -0.15) is 10.2 Å². The number of aromatic nitrogens is 3. The first-order valence-corrected chi connectivity index (χ1v) is 6.56. The Morgan fingerprint density at radius 2 is 1.82 bits per heavy atom. The van der Waals surface area contributed by atoms with Gasteiger partial charge in [-0.1, -0.05) is 18.2 Å². The van der Waals surface area contributed by atoms with Gasteiger partial charge in [0.1, 0.15) is 11.9 Å². The number of hydrogen-bond acceptors (Lipinski definition) is 4. The van der Waals surface area contributed by atoms with Gasteiger partial charge in [0.15, 0.2) is 12.4 Å². The quantitative estimate of drug-likeness (QED) is 0.742. The lowest BCUT2D eigenvalue weighted by Crippen LogP contribution is -2.00. The third-order valence-corrected chi connectivity index (χ3v) is 2.96. The second-order valence-corrected chi connectivity index (χ2v) is 4.42. The molecule has 1 aromatic heterocycles. The first kappa shape index (κ1) is 13.8. The van der Waals surface area contributed by atoms with Crippen LogP contribution in [0.25, 0.3) is 17.1 Å². The summed E-state index contributed by atoms with van der Waals surface area (Å²) in [5.74, 6) is 0.189. The molecule has 0 aliphatic heterocycles. The summed E-state index contributed by atoms with van der Waals surface area (Å²) in [6.45, 7) is -0.137. The fourth-order valence-corrected chi connectivity index (χ4v) is 1.99. The Morgan fingerprint density at radius 1 is 1.09 bits per heavy atom. The Bertz CT molecular complexity index is 806. The predicted octanol–water partition coefficient (Wildman–Crippen LogP) is 2.98. The molecule has 0 amide bonds. The fraction of sp³-hybridized carbons (Fsp3) is 0.0625. The van der Waals surface area contributed by atoms with Crippen molar-refractivity contribution < 1.29 is 9.13 Å². The van der Waals surface area contributed by atoms with E-state index in [0.29, 0.717) is 11.4 Å².